The summed E-state index contributed by atoms with van der Waals surface area (Å²) < 4.78 is 33.1. The summed E-state index contributed by atoms with van der Waals surface area (Å²) in [4.78, 5) is 16.4. The number of halogens is 2. The molecule has 136 valence electrons. The van der Waals surface area contributed by atoms with E-state index in [-0.39, 0.29) is 16.8 Å². The van der Waals surface area contributed by atoms with Crippen molar-refractivity contribution in [3.8, 4) is 5.75 Å². The molecule has 1 heterocycles. The van der Waals surface area contributed by atoms with Crippen molar-refractivity contribution in [2.24, 2.45) is 0 Å². The van der Waals surface area contributed by atoms with Crippen LogP contribution in [0.5, 0.6) is 5.75 Å². The second-order valence-electron chi connectivity index (χ2n) is 5.30. The second-order valence-corrected chi connectivity index (χ2v) is 6.24. The molecule has 0 unspecified atom stereocenters. The number of hydrogen-bond donors (Lipinski definition) is 1. The number of amides is 1. The minimum atomic E-state index is -2.73. The molecular weight excluding hydrogens is 360 g/mol. The van der Waals surface area contributed by atoms with Crippen molar-refractivity contribution in [3.05, 3.63) is 48.5 Å². The lowest BCUT2D eigenvalue weighted by Crippen LogP contribution is -2.15. The molecule has 0 aliphatic rings. The Morgan fingerprint density at radius 3 is 2.73 bits per heavy atom. The first-order chi connectivity index (χ1) is 12.6. The fourth-order valence-corrected chi connectivity index (χ4v) is 3.29. The van der Waals surface area contributed by atoms with E-state index in [9.17, 15) is 13.6 Å². The quantitative estimate of drug-likeness (QED) is 0.613. The Morgan fingerprint density at radius 2 is 1.96 bits per heavy atom. The minimum Gasteiger partial charge on any atom is -0.492 e. The van der Waals surface area contributed by atoms with Gasteiger partial charge in [0.05, 0.1) is 29.1 Å². The van der Waals surface area contributed by atoms with Crippen LogP contribution in [0.1, 0.15) is 13.5 Å². The molecule has 0 aliphatic carbocycles. The first-order valence-electron chi connectivity index (χ1n) is 7.99. The van der Waals surface area contributed by atoms with E-state index in [0.717, 1.165) is 16.3 Å². The first kappa shape index (κ1) is 18.2. The first-order valence-corrected chi connectivity index (χ1v) is 8.98. The van der Waals surface area contributed by atoms with Crippen molar-refractivity contribution in [2.45, 2.75) is 18.6 Å². The lowest BCUT2D eigenvalue weighted by molar-refractivity contribution is -0.113. The van der Waals surface area contributed by atoms with Gasteiger partial charge in [0.15, 0.2) is 5.16 Å². The summed E-state index contributed by atoms with van der Waals surface area (Å²) in [5.41, 5.74) is 1.35. The van der Waals surface area contributed by atoms with Crippen molar-refractivity contribution in [1.29, 1.82) is 0 Å². The number of aromatic nitrogens is 2. The molecule has 3 aromatic rings. The van der Waals surface area contributed by atoms with Gasteiger partial charge in [0.1, 0.15) is 5.75 Å². The van der Waals surface area contributed by atoms with Gasteiger partial charge in [0.2, 0.25) is 5.91 Å². The summed E-state index contributed by atoms with van der Waals surface area (Å²) in [5, 5.41) is 2.84. The van der Waals surface area contributed by atoms with Crippen LogP contribution in [0.4, 0.5) is 14.5 Å². The van der Waals surface area contributed by atoms with Crippen molar-refractivity contribution in [1.82, 2.24) is 9.55 Å². The zero-order valence-corrected chi connectivity index (χ0v) is 14.8. The van der Waals surface area contributed by atoms with Crippen LogP contribution in [-0.4, -0.2) is 27.8 Å². The predicted octanol–water partition coefficient (Wildman–Crippen LogP) is 4.56. The second kappa shape index (κ2) is 8.18. The third kappa shape index (κ3) is 3.96. The van der Waals surface area contributed by atoms with E-state index in [1.165, 1.54) is 0 Å². The Kier molecular flexibility index (Phi) is 5.72. The van der Waals surface area contributed by atoms with Gasteiger partial charge in [0, 0.05) is 0 Å². The van der Waals surface area contributed by atoms with Crippen LogP contribution in [0.15, 0.2) is 53.7 Å². The highest BCUT2D eigenvalue weighted by Gasteiger charge is 2.19. The Hall–Kier alpha value is -2.61. The van der Waals surface area contributed by atoms with Crippen LogP contribution in [0, 0.1) is 0 Å². The number of alkyl halides is 2. The number of benzene rings is 2. The topological polar surface area (TPSA) is 56.1 Å². The molecule has 0 fully saturated rings. The van der Waals surface area contributed by atoms with Gasteiger partial charge in [-0.15, -0.1) is 0 Å². The van der Waals surface area contributed by atoms with Gasteiger partial charge in [-0.05, 0) is 31.2 Å². The number of carbonyl (C=O) groups is 1. The van der Waals surface area contributed by atoms with Gasteiger partial charge in [-0.2, -0.15) is 8.78 Å². The summed E-state index contributed by atoms with van der Waals surface area (Å²) in [7, 11) is 0. The molecule has 8 heteroatoms. The average molecular weight is 377 g/mol. The van der Waals surface area contributed by atoms with E-state index < -0.39 is 6.55 Å². The number of nitrogens with zero attached hydrogens (tertiary/aromatic N) is 2. The standard InChI is InChI=1S/C18H17F2N3O2S/c1-2-25-15-10-6-4-8-13(15)21-16(24)11-26-18-22-12-7-3-5-9-14(12)23(18)17(19)20/h3-10,17H,2,11H2,1H3,(H,21,24). The Balaban J connectivity index is 1.72. The molecule has 0 atom stereocenters. The van der Waals surface area contributed by atoms with E-state index in [1.54, 1.807) is 48.5 Å². The Bertz CT molecular complexity index is 914. The number of imidazole rings is 1. The zero-order valence-electron chi connectivity index (χ0n) is 14.0. The van der Waals surface area contributed by atoms with Gasteiger partial charge in [-0.3, -0.25) is 9.36 Å². The fourth-order valence-electron chi connectivity index (χ4n) is 2.48. The molecule has 5 nitrogen and oxygen atoms in total. The lowest BCUT2D eigenvalue weighted by atomic mass is 10.3. The van der Waals surface area contributed by atoms with E-state index >= 15 is 0 Å². The fraction of sp³-hybridized carbons (Fsp3) is 0.222. The molecule has 3 rings (SSSR count). The number of carbonyl (C=O) groups excluding carboxylic acids is 1. The van der Waals surface area contributed by atoms with Gasteiger partial charge >= 0.3 is 6.55 Å². The molecule has 2 aromatic carbocycles. The van der Waals surface area contributed by atoms with Crippen LogP contribution in [0.3, 0.4) is 0 Å². The number of anilines is 1. The molecule has 1 N–H and O–H groups in total. The highest BCUT2D eigenvalue weighted by Crippen LogP contribution is 2.29. The molecule has 1 aromatic heterocycles. The maximum atomic E-state index is 13.4. The van der Waals surface area contributed by atoms with Gasteiger partial charge in [0.25, 0.3) is 0 Å². The Labute approximate surface area is 153 Å². The van der Waals surface area contributed by atoms with Gasteiger partial charge in [-0.1, -0.05) is 36.0 Å². The number of nitrogens with one attached hydrogen (secondary N) is 1. The van der Waals surface area contributed by atoms with Crippen molar-refractivity contribution in [2.75, 3.05) is 17.7 Å². The molecule has 0 radical (unpaired) electrons. The number of fused-ring (bicyclic) bond motifs is 1. The molecule has 0 bridgehead atoms. The number of ether oxygens (including phenoxy) is 1. The normalized spacial score (nSPS) is 11.1. The van der Waals surface area contributed by atoms with Crippen molar-refractivity contribution >= 4 is 34.4 Å². The monoisotopic (exact) mass is 377 g/mol. The van der Waals surface area contributed by atoms with E-state index in [4.69, 9.17) is 4.74 Å². The molecule has 0 spiro atoms. The smallest absolute Gasteiger partial charge is 0.321 e. The largest absolute Gasteiger partial charge is 0.492 e. The Morgan fingerprint density at radius 1 is 1.23 bits per heavy atom. The number of rotatable bonds is 7. The van der Waals surface area contributed by atoms with Crippen molar-refractivity contribution < 1.29 is 18.3 Å². The van der Waals surface area contributed by atoms with E-state index in [1.807, 2.05) is 6.92 Å². The van der Waals surface area contributed by atoms with Crippen LogP contribution in [0.2, 0.25) is 0 Å². The van der Waals surface area contributed by atoms with Crippen LogP contribution in [-0.2, 0) is 4.79 Å². The summed E-state index contributed by atoms with van der Waals surface area (Å²) in [5.74, 6) is 0.194. The van der Waals surface area contributed by atoms with Gasteiger partial charge in [-0.25, -0.2) is 4.98 Å². The molecule has 1 amide bonds. The molecule has 26 heavy (non-hydrogen) atoms. The average Bonchev–Trinajstić information content (AvgIpc) is 3.00. The minimum absolute atomic E-state index is 0.0451. The maximum absolute atomic E-state index is 13.4. The van der Waals surface area contributed by atoms with E-state index in [2.05, 4.69) is 10.3 Å². The van der Waals surface area contributed by atoms with Crippen LogP contribution in [0.25, 0.3) is 11.0 Å². The maximum Gasteiger partial charge on any atom is 0.321 e. The molecule has 0 aliphatic heterocycles. The number of para-hydroxylation sites is 4. The van der Waals surface area contributed by atoms with Crippen molar-refractivity contribution in [3.63, 3.8) is 0 Å². The molecular formula is C18H17F2N3O2S. The van der Waals surface area contributed by atoms with Gasteiger partial charge < -0.3 is 10.1 Å². The summed E-state index contributed by atoms with van der Waals surface area (Å²) in [6, 6.07) is 13.7. The van der Waals surface area contributed by atoms with Crippen LogP contribution < -0.4 is 10.1 Å². The summed E-state index contributed by atoms with van der Waals surface area (Å²) in [6.45, 7) is -0.407. The third-order valence-corrected chi connectivity index (χ3v) is 4.50. The van der Waals surface area contributed by atoms with E-state index in [0.29, 0.717) is 29.1 Å². The predicted molar refractivity (Wildman–Crippen MR) is 98.0 cm³/mol. The zero-order chi connectivity index (χ0) is 18.5. The number of hydrogen-bond acceptors (Lipinski definition) is 4. The molecule has 0 saturated carbocycles. The number of thioether (sulfide) groups is 1. The summed E-state index contributed by atoms with van der Waals surface area (Å²) in [6.07, 6.45) is 0. The summed E-state index contributed by atoms with van der Waals surface area (Å²) >= 11 is 0.967. The highest BCUT2D eigenvalue weighted by atomic mass is 32.2. The highest BCUT2D eigenvalue weighted by molar-refractivity contribution is 7.99. The van der Waals surface area contributed by atoms with Crippen LogP contribution >= 0.6 is 11.8 Å². The third-order valence-electron chi connectivity index (χ3n) is 3.55. The SMILES string of the molecule is CCOc1ccccc1NC(=O)CSc1nc2ccccc2n1C(F)F. The lowest BCUT2D eigenvalue weighted by Gasteiger charge is -2.11. The molecule has 0 saturated heterocycles.